The molecule has 0 bridgehead atoms. The summed E-state index contributed by atoms with van der Waals surface area (Å²) in [7, 11) is 1.82. The molecule has 2 rings (SSSR count). The van der Waals surface area contributed by atoms with E-state index >= 15 is 0 Å². The highest BCUT2D eigenvalue weighted by Crippen LogP contribution is 2.36. The molecule has 0 amide bonds. The molecule has 1 fully saturated rings. The zero-order valence-electron chi connectivity index (χ0n) is 13.8. The lowest BCUT2D eigenvalue weighted by atomic mass is 10.1. The lowest BCUT2D eigenvalue weighted by Crippen LogP contribution is -2.43. The Morgan fingerprint density at radius 3 is 2.77 bits per heavy atom. The van der Waals surface area contributed by atoms with Crippen LogP contribution in [0.2, 0.25) is 0 Å². The Morgan fingerprint density at radius 1 is 1.45 bits per heavy atom. The summed E-state index contributed by atoms with van der Waals surface area (Å²) in [5, 5.41) is 10.1. The maximum absolute atomic E-state index is 4.64. The second-order valence-corrected chi connectivity index (χ2v) is 8.59. The van der Waals surface area contributed by atoms with Gasteiger partial charge in [-0.05, 0) is 25.5 Å². The van der Waals surface area contributed by atoms with Crippen molar-refractivity contribution in [2.24, 2.45) is 4.99 Å². The van der Waals surface area contributed by atoms with Gasteiger partial charge in [-0.2, -0.15) is 11.8 Å². The zero-order chi connectivity index (χ0) is 15.3. The summed E-state index contributed by atoms with van der Waals surface area (Å²) in [5.74, 6) is 2.64. The first kappa shape index (κ1) is 20.0. The third kappa shape index (κ3) is 5.88. The SMILES string of the molecule is CN=C(NCc1csc(C(C)C)n1)NCC1(C)CCCS1.I. The van der Waals surface area contributed by atoms with E-state index in [-0.39, 0.29) is 24.0 Å². The van der Waals surface area contributed by atoms with Gasteiger partial charge >= 0.3 is 0 Å². The molecule has 1 unspecified atom stereocenters. The average Bonchev–Trinajstić information content (AvgIpc) is 3.08. The van der Waals surface area contributed by atoms with Crippen molar-refractivity contribution in [3.63, 3.8) is 0 Å². The maximum atomic E-state index is 4.64. The van der Waals surface area contributed by atoms with Crippen LogP contribution in [0.25, 0.3) is 0 Å². The first-order chi connectivity index (χ1) is 10.0. The van der Waals surface area contributed by atoms with Gasteiger partial charge in [-0.25, -0.2) is 4.98 Å². The van der Waals surface area contributed by atoms with Gasteiger partial charge in [-0.1, -0.05) is 13.8 Å². The fraction of sp³-hybridized carbons (Fsp3) is 0.733. The fourth-order valence-corrected chi connectivity index (χ4v) is 4.39. The minimum atomic E-state index is 0. The third-order valence-corrected chi connectivity index (χ3v) is 6.39. The first-order valence-corrected chi connectivity index (χ1v) is 9.42. The molecule has 0 radical (unpaired) electrons. The number of aromatic nitrogens is 1. The Balaban J connectivity index is 0.00000242. The van der Waals surface area contributed by atoms with Crippen LogP contribution in [0.3, 0.4) is 0 Å². The molecule has 0 aliphatic carbocycles. The van der Waals surface area contributed by atoms with Crippen LogP contribution in [0.4, 0.5) is 0 Å². The first-order valence-electron chi connectivity index (χ1n) is 7.55. The minimum absolute atomic E-state index is 0. The van der Waals surface area contributed by atoms with Crippen molar-refractivity contribution in [3.05, 3.63) is 16.1 Å². The number of thiazole rings is 1. The molecule has 2 N–H and O–H groups in total. The van der Waals surface area contributed by atoms with Crippen molar-refractivity contribution in [1.29, 1.82) is 0 Å². The summed E-state index contributed by atoms with van der Waals surface area (Å²) in [6.45, 7) is 8.38. The number of halogens is 1. The molecule has 1 aromatic rings. The monoisotopic (exact) mass is 454 g/mol. The number of nitrogens with zero attached hydrogens (tertiary/aromatic N) is 2. The van der Waals surface area contributed by atoms with Crippen LogP contribution in [0.5, 0.6) is 0 Å². The maximum Gasteiger partial charge on any atom is 0.191 e. The van der Waals surface area contributed by atoms with E-state index in [4.69, 9.17) is 0 Å². The van der Waals surface area contributed by atoms with E-state index in [0.717, 1.165) is 24.7 Å². The largest absolute Gasteiger partial charge is 0.355 e. The van der Waals surface area contributed by atoms with Crippen LogP contribution in [-0.4, -0.2) is 35.0 Å². The molecule has 0 spiro atoms. The highest BCUT2D eigenvalue weighted by atomic mass is 127. The number of guanidine groups is 1. The molecule has 0 saturated carbocycles. The Labute approximate surface area is 159 Å². The van der Waals surface area contributed by atoms with Gasteiger partial charge in [0, 0.05) is 29.6 Å². The molecular formula is C15H27IN4S2. The van der Waals surface area contributed by atoms with Crippen LogP contribution < -0.4 is 10.6 Å². The lowest BCUT2D eigenvalue weighted by Gasteiger charge is -2.24. The minimum Gasteiger partial charge on any atom is -0.355 e. The van der Waals surface area contributed by atoms with Gasteiger partial charge < -0.3 is 10.6 Å². The van der Waals surface area contributed by atoms with Gasteiger partial charge in [0.05, 0.1) is 17.2 Å². The smallest absolute Gasteiger partial charge is 0.191 e. The van der Waals surface area contributed by atoms with Gasteiger partial charge in [0.1, 0.15) is 0 Å². The molecule has 4 nitrogen and oxygen atoms in total. The van der Waals surface area contributed by atoms with E-state index in [1.807, 2.05) is 7.05 Å². The molecule has 0 aromatic carbocycles. The van der Waals surface area contributed by atoms with Crippen molar-refractivity contribution in [2.75, 3.05) is 19.3 Å². The van der Waals surface area contributed by atoms with Crippen molar-refractivity contribution >= 4 is 53.0 Å². The molecule has 1 saturated heterocycles. The van der Waals surface area contributed by atoms with Crippen molar-refractivity contribution in [2.45, 2.75) is 50.8 Å². The molecule has 22 heavy (non-hydrogen) atoms. The Bertz CT molecular complexity index is 482. The van der Waals surface area contributed by atoms with E-state index in [1.54, 1.807) is 11.3 Å². The van der Waals surface area contributed by atoms with E-state index in [0.29, 0.717) is 10.7 Å². The molecular weight excluding hydrogens is 427 g/mol. The molecule has 2 heterocycles. The zero-order valence-corrected chi connectivity index (χ0v) is 17.8. The summed E-state index contributed by atoms with van der Waals surface area (Å²) >= 11 is 3.80. The molecule has 126 valence electrons. The van der Waals surface area contributed by atoms with Gasteiger partial charge in [0.2, 0.25) is 0 Å². The Kier molecular flexibility index (Phi) is 8.48. The van der Waals surface area contributed by atoms with E-state index in [1.165, 1.54) is 23.6 Å². The number of aliphatic imine (C=N–C) groups is 1. The summed E-state index contributed by atoms with van der Waals surface area (Å²) in [5.41, 5.74) is 1.09. The van der Waals surface area contributed by atoms with Gasteiger partial charge in [-0.3, -0.25) is 4.99 Å². The number of nitrogens with one attached hydrogen (secondary N) is 2. The Morgan fingerprint density at radius 2 is 2.23 bits per heavy atom. The predicted octanol–water partition coefficient (Wildman–Crippen LogP) is 3.84. The molecule has 1 atom stereocenters. The number of hydrogen-bond acceptors (Lipinski definition) is 4. The second-order valence-electron chi connectivity index (χ2n) is 6.01. The van der Waals surface area contributed by atoms with E-state index in [2.05, 4.69) is 58.5 Å². The Hall–Kier alpha value is -0.0200. The van der Waals surface area contributed by atoms with Crippen LogP contribution >= 0.6 is 47.1 Å². The van der Waals surface area contributed by atoms with Gasteiger partial charge in [0.25, 0.3) is 0 Å². The fourth-order valence-electron chi connectivity index (χ4n) is 2.31. The number of thioether (sulfide) groups is 1. The quantitative estimate of drug-likeness (QED) is 0.403. The number of rotatable bonds is 5. The van der Waals surface area contributed by atoms with E-state index < -0.39 is 0 Å². The molecule has 1 aromatic heterocycles. The van der Waals surface area contributed by atoms with Gasteiger partial charge in [0.15, 0.2) is 5.96 Å². The second kappa shape index (κ2) is 9.32. The van der Waals surface area contributed by atoms with Crippen molar-refractivity contribution in [3.8, 4) is 0 Å². The van der Waals surface area contributed by atoms with E-state index in [9.17, 15) is 0 Å². The lowest BCUT2D eigenvalue weighted by molar-refractivity contribution is 0.584. The summed E-state index contributed by atoms with van der Waals surface area (Å²) in [6, 6.07) is 0. The topological polar surface area (TPSA) is 49.3 Å². The molecule has 1 aliphatic rings. The highest BCUT2D eigenvalue weighted by Gasteiger charge is 2.29. The van der Waals surface area contributed by atoms with Gasteiger partial charge in [-0.15, -0.1) is 35.3 Å². The van der Waals surface area contributed by atoms with Crippen LogP contribution in [0.1, 0.15) is 50.2 Å². The van der Waals surface area contributed by atoms with Crippen molar-refractivity contribution < 1.29 is 0 Å². The molecule has 1 aliphatic heterocycles. The van der Waals surface area contributed by atoms with Crippen molar-refractivity contribution in [1.82, 2.24) is 15.6 Å². The normalized spacial score (nSPS) is 21.8. The standard InChI is InChI=1S/C15H26N4S2.HI/c1-11(2)13-19-12(9-20-13)8-17-14(16-4)18-10-15(3)6-5-7-21-15;/h9,11H,5-8,10H2,1-4H3,(H2,16,17,18);1H. The highest BCUT2D eigenvalue weighted by molar-refractivity contribution is 14.0. The molecule has 7 heteroatoms. The third-order valence-electron chi connectivity index (χ3n) is 3.65. The van der Waals surface area contributed by atoms with Crippen LogP contribution in [0.15, 0.2) is 10.4 Å². The summed E-state index contributed by atoms with van der Waals surface area (Å²) < 4.78 is 0.350. The van der Waals surface area contributed by atoms with Crippen LogP contribution in [0, 0.1) is 0 Å². The average molecular weight is 454 g/mol. The number of hydrogen-bond donors (Lipinski definition) is 2. The van der Waals surface area contributed by atoms with Crippen LogP contribution in [-0.2, 0) is 6.54 Å². The summed E-state index contributed by atoms with van der Waals surface area (Å²) in [6.07, 6.45) is 2.61. The summed E-state index contributed by atoms with van der Waals surface area (Å²) in [4.78, 5) is 8.93. The predicted molar refractivity (Wildman–Crippen MR) is 110 cm³/mol.